The minimum atomic E-state index is 0.482. The summed E-state index contributed by atoms with van der Waals surface area (Å²) in [6.07, 6.45) is 0. The molecule has 0 aliphatic carbocycles. The largest absolute Gasteiger partial charge is 0.343 e. The molecule has 0 bridgehead atoms. The topological polar surface area (TPSA) is 58.5 Å². The molecule has 1 saturated heterocycles. The summed E-state index contributed by atoms with van der Waals surface area (Å²) < 4.78 is 0. The first-order valence-electron chi connectivity index (χ1n) is 9.36. The van der Waals surface area contributed by atoms with Crippen LogP contribution < -0.4 is 10.2 Å². The van der Waals surface area contributed by atoms with E-state index >= 15 is 0 Å². The van der Waals surface area contributed by atoms with E-state index in [0.717, 1.165) is 35.7 Å². The molecule has 1 aromatic heterocycles. The Labute approximate surface area is 174 Å². The van der Waals surface area contributed by atoms with Gasteiger partial charge in [0.25, 0.3) is 0 Å². The highest BCUT2D eigenvalue weighted by atomic mass is 35.5. The number of quaternary nitrogens is 1. The summed E-state index contributed by atoms with van der Waals surface area (Å²) in [5, 5.41) is 12.7. The van der Waals surface area contributed by atoms with Gasteiger partial charge in [0.2, 0.25) is 0 Å². The quantitative estimate of drug-likeness (QED) is 0.709. The molecule has 28 heavy (non-hydrogen) atoms. The fourth-order valence-corrected chi connectivity index (χ4v) is 3.93. The molecule has 0 saturated carbocycles. The van der Waals surface area contributed by atoms with Crippen molar-refractivity contribution in [1.82, 2.24) is 15.2 Å². The first kappa shape index (κ1) is 19.1. The van der Waals surface area contributed by atoms with Crippen molar-refractivity contribution in [3.63, 3.8) is 0 Å². The lowest BCUT2D eigenvalue weighted by molar-refractivity contribution is -0.716. The van der Waals surface area contributed by atoms with Crippen LogP contribution in [0.25, 0.3) is 22.6 Å². The van der Waals surface area contributed by atoms with Gasteiger partial charge in [0, 0.05) is 21.2 Å². The van der Waals surface area contributed by atoms with E-state index in [1.807, 2.05) is 48.5 Å². The van der Waals surface area contributed by atoms with E-state index in [4.69, 9.17) is 28.2 Å². The van der Waals surface area contributed by atoms with Crippen LogP contribution >= 0.6 is 23.2 Å². The van der Waals surface area contributed by atoms with Crippen LogP contribution in [0.15, 0.2) is 48.5 Å². The number of hydrogen-bond acceptors (Lipinski definition) is 4. The van der Waals surface area contributed by atoms with Crippen molar-refractivity contribution in [2.24, 2.45) is 0 Å². The van der Waals surface area contributed by atoms with Gasteiger partial charge in [-0.15, -0.1) is 10.2 Å². The SMILES string of the molecule is C[C@H]1CN(c2nc(-c3ccc(Cl)cc3)nnc2-c2ccc(Cl)cc2)C[C@H](C)[NH2+]1. The first-order chi connectivity index (χ1) is 13.5. The Morgan fingerprint density at radius 2 is 1.36 bits per heavy atom. The maximum absolute atomic E-state index is 6.07. The number of nitrogens with zero attached hydrogens (tertiary/aromatic N) is 4. The summed E-state index contributed by atoms with van der Waals surface area (Å²) in [5.41, 5.74) is 2.62. The molecule has 1 aliphatic heterocycles. The molecule has 4 rings (SSSR count). The molecule has 2 atom stereocenters. The lowest BCUT2D eigenvalue weighted by atomic mass is 10.1. The molecule has 1 aliphatic rings. The van der Waals surface area contributed by atoms with Crippen molar-refractivity contribution in [2.75, 3.05) is 18.0 Å². The van der Waals surface area contributed by atoms with Gasteiger partial charge < -0.3 is 10.2 Å². The predicted molar refractivity (Wildman–Crippen MR) is 114 cm³/mol. The molecule has 5 nitrogen and oxygen atoms in total. The van der Waals surface area contributed by atoms with Crippen LogP contribution in [0.2, 0.25) is 10.0 Å². The van der Waals surface area contributed by atoms with Crippen LogP contribution in [0.3, 0.4) is 0 Å². The van der Waals surface area contributed by atoms with Crippen LogP contribution in [-0.2, 0) is 0 Å². The van der Waals surface area contributed by atoms with Crippen molar-refractivity contribution in [3.8, 4) is 22.6 Å². The maximum Gasteiger partial charge on any atom is 0.183 e. The zero-order valence-corrected chi connectivity index (χ0v) is 17.3. The van der Waals surface area contributed by atoms with Gasteiger partial charge in [0.15, 0.2) is 11.6 Å². The van der Waals surface area contributed by atoms with Crippen molar-refractivity contribution < 1.29 is 5.32 Å². The molecule has 2 aromatic carbocycles. The van der Waals surface area contributed by atoms with Gasteiger partial charge >= 0.3 is 0 Å². The zero-order valence-electron chi connectivity index (χ0n) is 15.8. The number of anilines is 1. The van der Waals surface area contributed by atoms with Gasteiger partial charge in [-0.1, -0.05) is 35.3 Å². The maximum atomic E-state index is 6.07. The van der Waals surface area contributed by atoms with E-state index in [1.165, 1.54) is 0 Å². The third kappa shape index (κ3) is 4.12. The molecular weight excluding hydrogens is 393 g/mol. The second-order valence-electron chi connectivity index (χ2n) is 7.37. The van der Waals surface area contributed by atoms with Crippen LogP contribution in [0, 0.1) is 0 Å². The normalized spacial score (nSPS) is 19.6. The number of benzene rings is 2. The van der Waals surface area contributed by atoms with Crippen LogP contribution in [0.1, 0.15) is 13.8 Å². The average Bonchev–Trinajstić information content (AvgIpc) is 2.68. The minimum Gasteiger partial charge on any atom is -0.343 e. The van der Waals surface area contributed by atoms with Gasteiger partial charge in [-0.05, 0) is 50.2 Å². The van der Waals surface area contributed by atoms with E-state index in [-0.39, 0.29) is 0 Å². The highest BCUT2D eigenvalue weighted by Crippen LogP contribution is 2.30. The molecule has 0 radical (unpaired) electrons. The molecule has 3 aromatic rings. The van der Waals surface area contributed by atoms with Crippen molar-refractivity contribution in [1.29, 1.82) is 0 Å². The smallest absolute Gasteiger partial charge is 0.183 e. The van der Waals surface area contributed by atoms with Gasteiger partial charge in [-0.2, -0.15) is 0 Å². The summed E-state index contributed by atoms with van der Waals surface area (Å²) in [4.78, 5) is 7.24. The highest BCUT2D eigenvalue weighted by molar-refractivity contribution is 6.30. The molecule has 0 spiro atoms. The number of nitrogens with two attached hydrogens (primary N) is 1. The van der Waals surface area contributed by atoms with E-state index in [2.05, 4.69) is 34.3 Å². The Hall–Kier alpha value is -2.21. The Kier molecular flexibility index (Phi) is 5.49. The Balaban J connectivity index is 1.81. The summed E-state index contributed by atoms with van der Waals surface area (Å²) in [7, 11) is 0. The molecule has 2 heterocycles. The summed E-state index contributed by atoms with van der Waals surface area (Å²) >= 11 is 12.1. The Morgan fingerprint density at radius 1 is 0.821 bits per heavy atom. The summed E-state index contributed by atoms with van der Waals surface area (Å²) in [6.45, 7) is 6.28. The number of aromatic nitrogens is 3. The van der Waals surface area contributed by atoms with E-state index < -0.39 is 0 Å². The Bertz CT molecular complexity index is 950. The predicted octanol–water partition coefficient (Wildman–Crippen LogP) is 3.67. The Morgan fingerprint density at radius 3 is 1.93 bits per heavy atom. The van der Waals surface area contributed by atoms with E-state index in [9.17, 15) is 0 Å². The number of piperazine rings is 1. The van der Waals surface area contributed by atoms with Gasteiger partial charge in [0.1, 0.15) is 17.8 Å². The third-order valence-electron chi connectivity index (χ3n) is 4.86. The monoisotopic (exact) mass is 414 g/mol. The van der Waals surface area contributed by atoms with Gasteiger partial charge in [-0.3, -0.25) is 0 Å². The van der Waals surface area contributed by atoms with Crippen LogP contribution in [0.4, 0.5) is 5.82 Å². The summed E-state index contributed by atoms with van der Waals surface area (Å²) in [5.74, 6) is 1.45. The van der Waals surface area contributed by atoms with Gasteiger partial charge in [-0.25, -0.2) is 4.98 Å². The second kappa shape index (κ2) is 8.03. The molecule has 144 valence electrons. The van der Waals surface area contributed by atoms with E-state index in [0.29, 0.717) is 28.0 Å². The fourth-order valence-electron chi connectivity index (χ4n) is 3.68. The van der Waals surface area contributed by atoms with Crippen molar-refractivity contribution in [2.45, 2.75) is 25.9 Å². The van der Waals surface area contributed by atoms with Gasteiger partial charge in [0.05, 0.1) is 13.1 Å². The minimum absolute atomic E-state index is 0.482. The number of halogens is 2. The molecular formula is C21H22Cl2N5+. The van der Waals surface area contributed by atoms with Crippen LogP contribution in [0.5, 0.6) is 0 Å². The van der Waals surface area contributed by atoms with Crippen molar-refractivity contribution in [3.05, 3.63) is 58.6 Å². The first-order valence-corrected chi connectivity index (χ1v) is 10.1. The second-order valence-corrected chi connectivity index (χ2v) is 8.25. The lowest BCUT2D eigenvalue weighted by Crippen LogP contribution is -2.99. The highest BCUT2D eigenvalue weighted by Gasteiger charge is 2.28. The molecule has 0 amide bonds. The average molecular weight is 415 g/mol. The molecule has 0 unspecified atom stereocenters. The lowest BCUT2D eigenvalue weighted by Gasteiger charge is -2.34. The van der Waals surface area contributed by atoms with E-state index in [1.54, 1.807) is 0 Å². The molecule has 7 heteroatoms. The van der Waals surface area contributed by atoms with Crippen LogP contribution in [-0.4, -0.2) is 40.4 Å². The fraction of sp³-hybridized carbons (Fsp3) is 0.286. The molecule has 1 fully saturated rings. The zero-order chi connectivity index (χ0) is 19.7. The number of hydrogen-bond donors (Lipinski definition) is 1. The summed E-state index contributed by atoms with van der Waals surface area (Å²) in [6, 6.07) is 16.1. The molecule has 2 N–H and O–H groups in total. The standard InChI is InChI=1S/C21H21Cl2N5/c1-13-11-28(12-14(2)24-13)21-19(15-3-7-17(22)8-4-15)26-27-20(25-21)16-5-9-18(23)10-6-16/h3-10,13-14,24H,11-12H2,1-2H3/p+1/t13-,14-/m0/s1. The number of rotatable bonds is 3. The third-order valence-corrected chi connectivity index (χ3v) is 5.37. The van der Waals surface area contributed by atoms with Crippen molar-refractivity contribution >= 4 is 29.0 Å².